The molecule has 0 aliphatic rings. The molecule has 0 rings (SSSR count). The van der Waals surface area contributed by atoms with Gasteiger partial charge < -0.3 is 14.4 Å². The summed E-state index contributed by atoms with van der Waals surface area (Å²) in [4.78, 5) is 48.5. The van der Waals surface area contributed by atoms with Crippen molar-refractivity contribution in [3.63, 3.8) is 0 Å². The molecule has 0 aromatic rings. The molecule has 0 bridgehead atoms. The molecule has 0 aliphatic carbocycles. The van der Waals surface area contributed by atoms with Crippen LogP contribution in [0.25, 0.3) is 0 Å². The smallest absolute Gasteiger partial charge is 0.326 e. The number of esters is 2. The van der Waals surface area contributed by atoms with Crippen LogP contribution in [0.2, 0.25) is 0 Å². The van der Waals surface area contributed by atoms with Crippen LogP contribution in [-0.4, -0.2) is 59.4 Å². The normalized spacial score (nSPS) is 12.2. The summed E-state index contributed by atoms with van der Waals surface area (Å²) in [6.45, 7) is 8.66. The van der Waals surface area contributed by atoms with E-state index in [0.29, 0.717) is 25.1 Å². The van der Waals surface area contributed by atoms with Gasteiger partial charge in [-0.05, 0) is 33.6 Å². The summed E-state index contributed by atoms with van der Waals surface area (Å²) >= 11 is 1.09. The molecule has 0 radical (unpaired) electrons. The summed E-state index contributed by atoms with van der Waals surface area (Å²) in [6, 6.07) is 0. The minimum absolute atomic E-state index is 0.0542. The van der Waals surface area contributed by atoms with E-state index in [1.54, 1.807) is 27.7 Å². The van der Waals surface area contributed by atoms with E-state index in [1.807, 2.05) is 0 Å². The second kappa shape index (κ2) is 11.9. The number of thioether (sulfide) groups is 1. The minimum atomic E-state index is -0.632. The van der Waals surface area contributed by atoms with Crippen molar-refractivity contribution in [3.05, 3.63) is 0 Å². The molecule has 0 spiro atoms. The van der Waals surface area contributed by atoms with Gasteiger partial charge in [0.1, 0.15) is 12.1 Å². The molecule has 0 heterocycles. The number of hydrogen-bond acceptors (Lipinski definition) is 7. The lowest BCUT2D eigenvalue weighted by atomic mass is 10.1. The number of nitrogens with zero attached hydrogens (tertiary/aromatic N) is 1. The van der Waals surface area contributed by atoms with Gasteiger partial charge >= 0.3 is 11.9 Å². The quantitative estimate of drug-likeness (QED) is 0.419. The fourth-order valence-corrected chi connectivity index (χ4v) is 2.72. The first-order valence-electron chi connectivity index (χ1n) is 8.67. The molecule has 0 N–H and O–H groups in total. The lowest BCUT2D eigenvalue weighted by Gasteiger charge is -2.27. The Kier molecular flexibility index (Phi) is 11.2. The number of unbranched alkanes of at least 4 members (excludes halogenated alkanes) is 1. The zero-order valence-corrected chi connectivity index (χ0v) is 17.4. The number of carbonyl (C=O) groups excluding carboxylic acids is 4. The first-order valence-corrected chi connectivity index (χ1v) is 9.65. The molecule has 7 nitrogen and oxygen atoms in total. The number of ether oxygens (including phenoxy) is 2. The van der Waals surface area contributed by atoms with Crippen LogP contribution in [-0.2, 0) is 28.7 Å². The fourth-order valence-electron chi connectivity index (χ4n) is 2.10. The zero-order chi connectivity index (χ0) is 20.3. The average Bonchev–Trinajstić information content (AvgIpc) is 2.52. The van der Waals surface area contributed by atoms with E-state index < -0.39 is 17.5 Å². The molecular weight excluding hydrogens is 358 g/mol. The molecule has 0 saturated heterocycles. The summed E-state index contributed by atoms with van der Waals surface area (Å²) in [7, 11) is 1.33. The van der Waals surface area contributed by atoms with E-state index in [0.717, 1.165) is 11.8 Å². The van der Waals surface area contributed by atoms with Crippen molar-refractivity contribution in [2.45, 2.75) is 59.5 Å². The van der Waals surface area contributed by atoms with Gasteiger partial charge in [0.15, 0.2) is 5.12 Å². The number of amides is 1. The predicted molar refractivity (Wildman–Crippen MR) is 101 cm³/mol. The molecule has 1 atom stereocenters. The minimum Gasteiger partial charge on any atom is -0.469 e. The molecule has 0 aromatic heterocycles. The molecule has 0 fully saturated rings. The van der Waals surface area contributed by atoms with Gasteiger partial charge in [-0.15, -0.1) is 0 Å². The maximum Gasteiger partial charge on any atom is 0.326 e. The van der Waals surface area contributed by atoms with Crippen molar-refractivity contribution in [3.8, 4) is 0 Å². The first-order chi connectivity index (χ1) is 12.0. The van der Waals surface area contributed by atoms with E-state index in [4.69, 9.17) is 4.74 Å². The van der Waals surface area contributed by atoms with E-state index in [2.05, 4.69) is 4.74 Å². The van der Waals surface area contributed by atoms with Crippen molar-refractivity contribution in [1.82, 2.24) is 4.90 Å². The Morgan fingerprint density at radius 1 is 1.08 bits per heavy atom. The van der Waals surface area contributed by atoms with Gasteiger partial charge in [-0.1, -0.05) is 18.7 Å². The van der Waals surface area contributed by atoms with Crippen LogP contribution in [0, 0.1) is 5.92 Å². The highest BCUT2D eigenvalue weighted by Crippen LogP contribution is 2.14. The van der Waals surface area contributed by atoms with Gasteiger partial charge in [0.05, 0.1) is 7.11 Å². The van der Waals surface area contributed by atoms with E-state index in [-0.39, 0.29) is 30.0 Å². The van der Waals surface area contributed by atoms with E-state index in [9.17, 15) is 19.2 Å². The molecule has 1 unspecified atom stereocenters. The third-order valence-electron chi connectivity index (χ3n) is 3.30. The summed E-state index contributed by atoms with van der Waals surface area (Å²) in [5.74, 6) is -1.03. The third kappa shape index (κ3) is 11.9. The standard InChI is InChI=1S/C18H31NO6S/c1-13(12-26-14(2)20)17(23)19(10-8-7-9-15(21)24-6)11-16(22)25-18(3,4)5/h13H,7-12H2,1-6H3. The van der Waals surface area contributed by atoms with E-state index >= 15 is 0 Å². The van der Waals surface area contributed by atoms with Crippen molar-refractivity contribution >= 4 is 34.7 Å². The Morgan fingerprint density at radius 3 is 2.19 bits per heavy atom. The summed E-state index contributed by atoms with van der Waals surface area (Å²) < 4.78 is 9.88. The van der Waals surface area contributed by atoms with Gasteiger partial charge in [0.25, 0.3) is 0 Å². The molecule has 0 aromatic carbocycles. The largest absolute Gasteiger partial charge is 0.469 e. The highest BCUT2D eigenvalue weighted by Gasteiger charge is 2.25. The summed E-state index contributed by atoms with van der Waals surface area (Å²) in [5, 5.41) is -0.0542. The molecule has 1 amide bonds. The van der Waals surface area contributed by atoms with Crippen LogP contribution in [0.15, 0.2) is 0 Å². The Labute approximate surface area is 160 Å². The lowest BCUT2D eigenvalue weighted by Crippen LogP contribution is -2.42. The van der Waals surface area contributed by atoms with Crippen molar-refractivity contribution in [2.75, 3.05) is 26.0 Å². The van der Waals surface area contributed by atoms with Gasteiger partial charge in [-0.25, -0.2) is 0 Å². The molecule has 150 valence electrons. The van der Waals surface area contributed by atoms with Crippen LogP contribution in [0.5, 0.6) is 0 Å². The van der Waals surface area contributed by atoms with Crippen molar-refractivity contribution in [2.24, 2.45) is 5.92 Å². The second-order valence-corrected chi connectivity index (χ2v) is 8.28. The highest BCUT2D eigenvalue weighted by molar-refractivity contribution is 8.13. The molecule has 0 aliphatic heterocycles. The zero-order valence-electron chi connectivity index (χ0n) is 16.6. The van der Waals surface area contributed by atoms with Crippen LogP contribution < -0.4 is 0 Å². The topological polar surface area (TPSA) is 90.0 Å². The maximum atomic E-state index is 12.6. The average molecular weight is 390 g/mol. The van der Waals surface area contributed by atoms with Gasteiger partial charge in [0, 0.05) is 31.6 Å². The fraction of sp³-hybridized carbons (Fsp3) is 0.778. The van der Waals surface area contributed by atoms with Crippen molar-refractivity contribution in [1.29, 1.82) is 0 Å². The van der Waals surface area contributed by atoms with Crippen LogP contribution in [0.3, 0.4) is 0 Å². The van der Waals surface area contributed by atoms with Gasteiger partial charge in [-0.2, -0.15) is 0 Å². The third-order valence-corrected chi connectivity index (χ3v) is 4.37. The molecular formula is C18H31NO6S. The molecule has 26 heavy (non-hydrogen) atoms. The predicted octanol–water partition coefficient (Wildman–Crippen LogP) is 2.42. The van der Waals surface area contributed by atoms with Crippen LogP contribution in [0.4, 0.5) is 0 Å². The second-order valence-electron chi connectivity index (χ2n) is 7.08. The monoisotopic (exact) mass is 389 g/mol. The summed E-state index contributed by atoms with van der Waals surface area (Å²) in [5.41, 5.74) is -0.632. The number of rotatable bonds is 10. The molecule has 8 heteroatoms. The maximum absolute atomic E-state index is 12.6. The van der Waals surface area contributed by atoms with E-state index in [1.165, 1.54) is 18.9 Å². The Morgan fingerprint density at radius 2 is 1.69 bits per heavy atom. The number of hydrogen-bond donors (Lipinski definition) is 0. The van der Waals surface area contributed by atoms with Crippen LogP contribution in [0.1, 0.15) is 53.9 Å². The molecule has 0 saturated carbocycles. The Balaban J connectivity index is 4.79. The number of carbonyl (C=O) groups is 4. The first kappa shape index (κ1) is 24.4. The Bertz CT molecular complexity index is 500. The van der Waals surface area contributed by atoms with Crippen molar-refractivity contribution < 1.29 is 28.7 Å². The van der Waals surface area contributed by atoms with Gasteiger partial charge in [-0.3, -0.25) is 19.2 Å². The van der Waals surface area contributed by atoms with Gasteiger partial charge in [0.2, 0.25) is 5.91 Å². The SMILES string of the molecule is COC(=O)CCCCN(CC(=O)OC(C)(C)C)C(=O)C(C)CSC(C)=O. The summed E-state index contributed by atoms with van der Waals surface area (Å²) in [6.07, 6.45) is 1.39. The Hall–Kier alpha value is -1.57. The number of methoxy groups -OCH3 is 1. The lowest BCUT2D eigenvalue weighted by molar-refractivity contribution is -0.159. The van der Waals surface area contributed by atoms with Crippen LogP contribution >= 0.6 is 11.8 Å². The highest BCUT2D eigenvalue weighted by atomic mass is 32.2.